The Bertz CT molecular complexity index is 1540. The summed E-state index contributed by atoms with van der Waals surface area (Å²) in [6.07, 6.45) is 1.51. The van der Waals surface area contributed by atoms with E-state index in [1.807, 2.05) is 38.1 Å². The first-order chi connectivity index (χ1) is 15.4. The number of benzene rings is 1. The third kappa shape index (κ3) is 3.24. The average Bonchev–Trinajstić information content (AvgIpc) is 3.22. The van der Waals surface area contributed by atoms with E-state index in [1.54, 1.807) is 16.5 Å². The molecule has 0 aliphatic carbocycles. The average molecular weight is 429 g/mol. The van der Waals surface area contributed by atoms with Crippen LogP contribution in [0.15, 0.2) is 59.7 Å². The maximum atomic E-state index is 14.1. The van der Waals surface area contributed by atoms with Crippen molar-refractivity contribution in [3.05, 3.63) is 82.3 Å². The molecule has 4 aromatic heterocycles. The molecule has 1 unspecified atom stereocenters. The fourth-order valence-electron chi connectivity index (χ4n) is 4.01. The van der Waals surface area contributed by atoms with Gasteiger partial charge in [0.05, 0.1) is 17.9 Å². The Labute approximate surface area is 182 Å². The summed E-state index contributed by atoms with van der Waals surface area (Å²) in [5.74, 6) is 0.136. The summed E-state index contributed by atoms with van der Waals surface area (Å²) in [6, 6.07) is 13.2. The fraction of sp³-hybridized carbons (Fsp3) is 0.130. The predicted molar refractivity (Wildman–Crippen MR) is 122 cm³/mol. The van der Waals surface area contributed by atoms with Crippen molar-refractivity contribution in [3.8, 4) is 11.1 Å². The number of pyridine rings is 2. The second-order valence-electron chi connectivity index (χ2n) is 7.62. The van der Waals surface area contributed by atoms with Gasteiger partial charge in [0, 0.05) is 11.2 Å². The molecule has 32 heavy (non-hydrogen) atoms. The zero-order valence-electron chi connectivity index (χ0n) is 17.4. The van der Waals surface area contributed by atoms with Crippen LogP contribution >= 0.6 is 0 Å². The Morgan fingerprint density at radius 1 is 1.16 bits per heavy atom. The monoisotopic (exact) mass is 429 g/mol. The standard InChI is InChI=1S/C23H20FN7O/c1-12-5-3-8-16-10-17(18(22(32)31(12)16)14-6-4-7-15(24)9-14)13(2)28-21-19-20(27-11-26-19)29-23(25)30-21/h3-11,13H,1-2H3,(H4,25,26,27,28,29,30). The van der Waals surface area contributed by atoms with Crippen LogP contribution in [0, 0.1) is 12.7 Å². The summed E-state index contributed by atoms with van der Waals surface area (Å²) in [6.45, 7) is 3.77. The van der Waals surface area contributed by atoms with Crippen molar-refractivity contribution < 1.29 is 4.39 Å². The van der Waals surface area contributed by atoms with Crippen LogP contribution in [-0.2, 0) is 0 Å². The van der Waals surface area contributed by atoms with Gasteiger partial charge < -0.3 is 16.0 Å². The number of fused-ring (bicyclic) bond motifs is 2. The minimum atomic E-state index is -0.411. The minimum Gasteiger partial charge on any atom is -0.368 e. The van der Waals surface area contributed by atoms with E-state index >= 15 is 0 Å². The van der Waals surface area contributed by atoms with E-state index in [9.17, 15) is 9.18 Å². The number of H-pyrrole nitrogens is 1. The molecular weight excluding hydrogens is 409 g/mol. The number of nitrogens with one attached hydrogen (secondary N) is 2. The molecule has 1 atom stereocenters. The lowest BCUT2D eigenvalue weighted by atomic mass is 9.96. The van der Waals surface area contributed by atoms with Crippen LogP contribution in [0.4, 0.5) is 16.2 Å². The smallest absolute Gasteiger partial charge is 0.263 e. The van der Waals surface area contributed by atoms with Gasteiger partial charge in [-0.15, -0.1) is 0 Å². The number of hydrogen-bond acceptors (Lipinski definition) is 6. The molecule has 0 aliphatic heterocycles. The van der Waals surface area contributed by atoms with Gasteiger partial charge in [-0.25, -0.2) is 9.37 Å². The van der Waals surface area contributed by atoms with E-state index in [4.69, 9.17) is 5.73 Å². The number of anilines is 2. The maximum Gasteiger partial charge on any atom is 0.263 e. The van der Waals surface area contributed by atoms with Crippen LogP contribution in [0.1, 0.15) is 24.2 Å². The minimum absolute atomic E-state index is 0.0823. The zero-order chi connectivity index (χ0) is 22.4. The predicted octanol–water partition coefficient (Wildman–Crippen LogP) is 3.84. The molecule has 5 aromatic rings. The largest absolute Gasteiger partial charge is 0.368 e. The van der Waals surface area contributed by atoms with Crippen molar-refractivity contribution in [2.24, 2.45) is 0 Å². The molecule has 0 fully saturated rings. The van der Waals surface area contributed by atoms with Crippen LogP contribution in [0.25, 0.3) is 27.8 Å². The van der Waals surface area contributed by atoms with E-state index in [2.05, 4.69) is 25.3 Å². The maximum absolute atomic E-state index is 14.1. The first kappa shape index (κ1) is 19.7. The Hall–Kier alpha value is -4.27. The van der Waals surface area contributed by atoms with Gasteiger partial charge in [-0.05, 0) is 55.3 Å². The van der Waals surface area contributed by atoms with Crippen molar-refractivity contribution in [3.63, 3.8) is 0 Å². The fourth-order valence-corrected chi connectivity index (χ4v) is 4.01. The van der Waals surface area contributed by atoms with E-state index in [0.717, 1.165) is 11.2 Å². The van der Waals surface area contributed by atoms with Crippen LogP contribution in [0.3, 0.4) is 0 Å². The van der Waals surface area contributed by atoms with Crippen molar-refractivity contribution in [2.75, 3.05) is 11.1 Å². The van der Waals surface area contributed by atoms with Gasteiger partial charge in [-0.1, -0.05) is 18.2 Å². The normalized spacial score (nSPS) is 12.3. The highest BCUT2D eigenvalue weighted by atomic mass is 19.1. The Balaban J connectivity index is 1.72. The van der Waals surface area contributed by atoms with E-state index < -0.39 is 5.82 Å². The molecule has 0 saturated carbocycles. The lowest BCUT2D eigenvalue weighted by Gasteiger charge is -2.20. The van der Waals surface area contributed by atoms with E-state index in [1.165, 1.54) is 18.5 Å². The SMILES string of the molecule is Cc1cccc2cc(C(C)Nc3nc(N)nc4nc[nH]c34)c(-c3cccc(F)c3)c(=O)n12. The zero-order valence-corrected chi connectivity index (χ0v) is 17.4. The second-order valence-corrected chi connectivity index (χ2v) is 7.62. The molecule has 0 amide bonds. The highest BCUT2D eigenvalue weighted by Crippen LogP contribution is 2.30. The van der Waals surface area contributed by atoms with Crippen molar-refractivity contribution in [1.29, 1.82) is 0 Å². The van der Waals surface area contributed by atoms with E-state index in [0.29, 0.717) is 33.7 Å². The number of halogens is 1. The lowest BCUT2D eigenvalue weighted by molar-refractivity contribution is 0.628. The van der Waals surface area contributed by atoms with Gasteiger partial charge in [0.25, 0.3) is 5.56 Å². The number of imidazole rings is 1. The third-order valence-electron chi connectivity index (χ3n) is 5.46. The number of aromatic amines is 1. The van der Waals surface area contributed by atoms with Gasteiger partial charge in [0.1, 0.15) is 11.3 Å². The van der Waals surface area contributed by atoms with Gasteiger partial charge in [-0.3, -0.25) is 9.20 Å². The number of aromatic nitrogens is 5. The molecule has 9 heteroatoms. The summed E-state index contributed by atoms with van der Waals surface area (Å²) < 4.78 is 15.7. The molecule has 8 nitrogen and oxygen atoms in total. The van der Waals surface area contributed by atoms with Crippen LogP contribution in [-0.4, -0.2) is 24.3 Å². The molecular formula is C23H20FN7O. The van der Waals surface area contributed by atoms with E-state index in [-0.39, 0.29) is 17.5 Å². The van der Waals surface area contributed by atoms with Crippen LogP contribution in [0.2, 0.25) is 0 Å². The Morgan fingerprint density at radius 3 is 2.78 bits per heavy atom. The first-order valence-corrected chi connectivity index (χ1v) is 10.1. The van der Waals surface area contributed by atoms with Crippen LogP contribution in [0.5, 0.6) is 0 Å². The number of aryl methyl sites for hydroxylation is 1. The Kier molecular flexibility index (Phi) is 4.58. The quantitative estimate of drug-likeness (QED) is 0.400. The first-order valence-electron chi connectivity index (χ1n) is 10.1. The summed E-state index contributed by atoms with van der Waals surface area (Å²) in [5.41, 5.74) is 9.82. The molecule has 5 rings (SSSR count). The van der Waals surface area contributed by atoms with Gasteiger partial charge in [0.15, 0.2) is 11.5 Å². The number of hydrogen-bond donors (Lipinski definition) is 3. The molecule has 0 spiro atoms. The Morgan fingerprint density at radius 2 is 1.97 bits per heavy atom. The highest BCUT2D eigenvalue weighted by molar-refractivity contribution is 5.84. The molecule has 4 N–H and O–H groups in total. The number of nitrogens with two attached hydrogens (primary N) is 1. The molecule has 0 aliphatic rings. The number of nitrogens with zero attached hydrogens (tertiary/aromatic N) is 4. The second kappa shape index (κ2) is 7.45. The van der Waals surface area contributed by atoms with Crippen molar-refractivity contribution >= 4 is 28.4 Å². The molecule has 160 valence electrons. The van der Waals surface area contributed by atoms with Crippen LogP contribution < -0.4 is 16.6 Å². The summed E-state index contributed by atoms with van der Waals surface area (Å²) in [5, 5.41) is 3.32. The number of nitrogen functional groups attached to an aromatic ring is 1. The topological polar surface area (TPSA) is 114 Å². The molecule has 0 radical (unpaired) electrons. The van der Waals surface area contributed by atoms with Crippen molar-refractivity contribution in [2.45, 2.75) is 19.9 Å². The molecule has 0 saturated heterocycles. The molecule has 4 heterocycles. The third-order valence-corrected chi connectivity index (χ3v) is 5.46. The van der Waals surface area contributed by atoms with Gasteiger partial charge >= 0.3 is 0 Å². The molecule has 0 bridgehead atoms. The summed E-state index contributed by atoms with van der Waals surface area (Å²) in [7, 11) is 0. The summed E-state index contributed by atoms with van der Waals surface area (Å²) in [4.78, 5) is 29.2. The lowest BCUT2D eigenvalue weighted by Crippen LogP contribution is -2.22. The number of rotatable bonds is 4. The van der Waals surface area contributed by atoms with Gasteiger partial charge in [0.2, 0.25) is 5.95 Å². The van der Waals surface area contributed by atoms with Crippen molar-refractivity contribution in [1.82, 2.24) is 24.3 Å². The molecule has 1 aromatic carbocycles. The summed E-state index contributed by atoms with van der Waals surface area (Å²) >= 11 is 0. The highest BCUT2D eigenvalue weighted by Gasteiger charge is 2.20. The van der Waals surface area contributed by atoms with Gasteiger partial charge in [-0.2, -0.15) is 9.97 Å².